The van der Waals surface area contributed by atoms with Gasteiger partial charge in [0.05, 0.1) is 5.51 Å². The Morgan fingerprint density at radius 2 is 2.27 bits per heavy atom. The molecule has 2 unspecified atom stereocenters. The van der Waals surface area contributed by atoms with E-state index < -0.39 is 0 Å². The van der Waals surface area contributed by atoms with E-state index in [-0.39, 0.29) is 0 Å². The van der Waals surface area contributed by atoms with Gasteiger partial charge >= 0.3 is 0 Å². The van der Waals surface area contributed by atoms with Crippen molar-refractivity contribution < 1.29 is 0 Å². The van der Waals surface area contributed by atoms with E-state index in [2.05, 4.69) is 43.1 Å². The summed E-state index contributed by atoms with van der Waals surface area (Å²) in [5.74, 6) is 0. The van der Waals surface area contributed by atoms with Crippen LogP contribution in [0.1, 0.15) is 31.2 Å². The molecule has 1 aromatic rings. The van der Waals surface area contributed by atoms with Crippen molar-refractivity contribution in [2.75, 3.05) is 20.6 Å². The third kappa shape index (κ3) is 3.89. The molecule has 1 aromatic heterocycles. The molecule has 0 bridgehead atoms. The van der Waals surface area contributed by atoms with Crippen molar-refractivity contribution in [2.24, 2.45) is 0 Å². The van der Waals surface area contributed by atoms with Crippen LogP contribution in [0.4, 0.5) is 0 Å². The summed E-state index contributed by atoms with van der Waals surface area (Å²) in [5.41, 5.74) is 1.89. The maximum absolute atomic E-state index is 4.09. The summed E-state index contributed by atoms with van der Waals surface area (Å²) >= 11 is 1.71. The molecule has 0 aliphatic heterocycles. The summed E-state index contributed by atoms with van der Waals surface area (Å²) in [6, 6.07) is 1.02. The van der Waals surface area contributed by atoms with Crippen molar-refractivity contribution in [2.45, 2.75) is 32.4 Å². The molecule has 3 nitrogen and oxygen atoms in total. The first-order valence-corrected chi connectivity index (χ1v) is 6.31. The van der Waals surface area contributed by atoms with Crippen molar-refractivity contribution in [3.05, 3.63) is 16.6 Å². The monoisotopic (exact) mass is 227 g/mol. The molecule has 1 heterocycles. The fraction of sp³-hybridized carbons (Fsp3) is 0.727. The average molecular weight is 227 g/mol. The van der Waals surface area contributed by atoms with Gasteiger partial charge in [0.15, 0.2) is 0 Å². The van der Waals surface area contributed by atoms with Crippen LogP contribution >= 0.6 is 11.3 Å². The first-order valence-electron chi connectivity index (χ1n) is 5.43. The second-order valence-electron chi connectivity index (χ2n) is 4.06. The Kier molecular flexibility index (Phi) is 5.22. The number of nitrogens with zero attached hydrogens (tertiary/aromatic N) is 2. The lowest BCUT2D eigenvalue weighted by atomic mass is 10.2. The number of nitrogens with one attached hydrogen (secondary N) is 1. The van der Waals surface area contributed by atoms with Crippen LogP contribution in [-0.4, -0.2) is 36.6 Å². The van der Waals surface area contributed by atoms with Gasteiger partial charge in [-0.15, -0.1) is 11.3 Å². The minimum absolute atomic E-state index is 0.409. The summed E-state index contributed by atoms with van der Waals surface area (Å²) in [6.07, 6.45) is 3.12. The predicted molar refractivity (Wildman–Crippen MR) is 66.3 cm³/mol. The first kappa shape index (κ1) is 12.6. The number of hydrogen-bond acceptors (Lipinski definition) is 4. The van der Waals surface area contributed by atoms with Crippen molar-refractivity contribution in [3.8, 4) is 0 Å². The third-order valence-electron chi connectivity index (χ3n) is 2.74. The minimum Gasteiger partial charge on any atom is -0.308 e. The maximum atomic E-state index is 4.09. The van der Waals surface area contributed by atoms with Crippen LogP contribution < -0.4 is 5.32 Å². The van der Waals surface area contributed by atoms with E-state index in [1.165, 1.54) is 11.3 Å². The fourth-order valence-electron chi connectivity index (χ4n) is 1.54. The SMILES string of the molecule is CCC(CNC(C)c1cncs1)N(C)C. The number of hydrogen-bond donors (Lipinski definition) is 1. The molecule has 0 aliphatic carbocycles. The zero-order valence-corrected chi connectivity index (χ0v) is 10.8. The molecule has 2 atom stereocenters. The van der Waals surface area contributed by atoms with Gasteiger partial charge in [-0.3, -0.25) is 4.98 Å². The summed E-state index contributed by atoms with van der Waals surface area (Å²) in [6.45, 7) is 5.45. The van der Waals surface area contributed by atoms with Crippen LogP contribution in [0.5, 0.6) is 0 Å². The molecule has 0 saturated carbocycles. The number of aromatic nitrogens is 1. The molecule has 0 amide bonds. The Labute approximate surface area is 96.5 Å². The molecule has 0 aliphatic rings. The standard InChI is InChI=1S/C11H21N3S/c1-5-10(14(3)4)6-13-9(2)11-7-12-8-15-11/h7-10,13H,5-6H2,1-4H3. The molecular formula is C11H21N3S. The van der Waals surface area contributed by atoms with Gasteiger partial charge in [-0.1, -0.05) is 6.92 Å². The minimum atomic E-state index is 0.409. The Balaban J connectivity index is 2.36. The van der Waals surface area contributed by atoms with E-state index in [0.29, 0.717) is 12.1 Å². The van der Waals surface area contributed by atoms with Gasteiger partial charge in [0.2, 0.25) is 0 Å². The molecule has 0 aromatic carbocycles. The molecule has 4 heteroatoms. The molecule has 0 radical (unpaired) electrons. The molecule has 1 rings (SSSR count). The Bertz CT molecular complexity index is 259. The molecule has 0 fully saturated rings. The van der Waals surface area contributed by atoms with E-state index in [9.17, 15) is 0 Å². The molecule has 86 valence electrons. The molecule has 0 spiro atoms. The van der Waals surface area contributed by atoms with Gasteiger partial charge in [-0.05, 0) is 27.4 Å². The van der Waals surface area contributed by atoms with Crippen LogP contribution in [0, 0.1) is 0 Å². The average Bonchev–Trinajstić information content (AvgIpc) is 2.70. The highest BCUT2D eigenvalue weighted by molar-refractivity contribution is 7.09. The molecule has 0 saturated heterocycles. The summed E-state index contributed by atoms with van der Waals surface area (Å²) in [5, 5.41) is 3.55. The second-order valence-corrected chi connectivity index (χ2v) is 4.98. The molecular weight excluding hydrogens is 206 g/mol. The van der Waals surface area contributed by atoms with E-state index >= 15 is 0 Å². The third-order valence-corrected chi connectivity index (χ3v) is 3.70. The normalized spacial score (nSPS) is 15.5. The van der Waals surface area contributed by atoms with Crippen LogP contribution in [-0.2, 0) is 0 Å². The van der Waals surface area contributed by atoms with Crippen molar-refractivity contribution in [1.82, 2.24) is 15.2 Å². The van der Waals surface area contributed by atoms with Crippen LogP contribution in [0.2, 0.25) is 0 Å². The van der Waals surface area contributed by atoms with Crippen molar-refractivity contribution >= 4 is 11.3 Å². The summed E-state index contributed by atoms with van der Waals surface area (Å²) in [7, 11) is 4.26. The smallest absolute Gasteiger partial charge is 0.0794 e. The lowest BCUT2D eigenvalue weighted by Gasteiger charge is -2.24. The quantitative estimate of drug-likeness (QED) is 0.807. The highest BCUT2D eigenvalue weighted by Crippen LogP contribution is 2.16. The number of rotatable bonds is 6. The van der Waals surface area contributed by atoms with E-state index in [1.54, 1.807) is 11.3 Å². The maximum Gasteiger partial charge on any atom is 0.0794 e. The zero-order chi connectivity index (χ0) is 11.3. The van der Waals surface area contributed by atoms with E-state index in [0.717, 1.165) is 6.54 Å². The van der Waals surface area contributed by atoms with E-state index in [1.807, 2.05) is 11.7 Å². The van der Waals surface area contributed by atoms with Crippen molar-refractivity contribution in [1.29, 1.82) is 0 Å². The lowest BCUT2D eigenvalue weighted by Crippen LogP contribution is -2.38. The summed E-state index contributed by atoms with van der Waals surface area (Å²) < 4.78 is 0. The van der Waals surface area contributed by atoms with E-state index in [4.69, 9.17) is 0 Å². The van der Waals surface area contributed by atoms with Gasteiger partial charge in [-0.25, -0.2) is 0 Å². The van der Waals surface area contributed by atoms with Gasteiger partial charge in [-0.2, -0.15) is 0 Å². The van der Waals surface area contributed by atoms with Crippen LogP contribution in [0.15, 0.2) is 11.7 Å². The highest BCUT2D eigenvalue weighted by Gasteiger charge is 2.11. The van der Waals surface area contributed by atoms with Gasteiger partial charge in [0.25, 0.3) is 0 Å². The molecule has 15 heavy (non-hydrogen) atoms. The van der Waals surface area contributed by atoms with Gasteiger partial charge in [0, 0.05) is 29.7 Å². The Hall–Kier alpha value is -0.450. The number of likely N-dealkylation sites (N-methyl/N-ethyl adjacent to an activating group) is 1. The van der Waals surface area contributed by atoms with Crippen LogP contribution in [0.3, 0.4) is 0 Å². The van der Waals surface area contributed by atoms with Gasteiger partial charge in [0.1, 0.15) is 0 Å². The zero-order valence-electron chi connectivity index (χ0n) is 10.0. The first-order chi connectivity index (χ1) is 7.15. The van der Waals surface area contributed by atoms with Crippen molar-refractivity contribution in [3.63, 3.8) is 0 Å². The largest absolute Gasteiger partial charge is 0.308 e. The number of thiazole rings is 1. The second kappa shape index (κ2) is 6.20. The van der Waals surface area contributed by atoms with Crippen LogP contribution in [0.25, 0.3) is 0 Å². The topological polar surface area (TPSA) is 28.2 Å². The lowest BCUT2D eigenvalue weighted by molar-refractivity contribution is 0.270. The molecule has 1 N–H and O–H groups in total. The highest BCUT2D eigenvalue weighted by atomic mass is 32.1. The Morgan fingerprint density at radius 1 is 1.53 bits per heavy atom. The Morgan fingerprint density at radius 3 is 2.73 bits per heavy atom. The predicted octanol–water partition coefficient (Wildman–Crippen LogP) is 2.13. The van der Waals surface area contributed by atoms with Gasteiger partial charge < -0.3 is 10.2 Å². The fourth-order valence-corrected chi connectivity index (χ4v) is 2.20. The summed E-state index contributed by atoms with van der Waals surface area (Å²) in [4.78, 5) is 7.67.